The molecule has 1 N–H and O–H groups in total. The smallest absolute Gasteiger partial charge is 0.140 e. The van der Waals surface area contributed by atoms with Crippen molar-refractivity contribution >= 4 is 28.1 Å². The summed E-state index contributed by atoms with van der Waals surface area (Å²) >= 11 is 8.33. The number of halogens is 2. The number of aryl methyl sites for hydroxylation is 1. The predicted octanol–water partition coefficient (Wildman–Crippen LogP) is 4.02. The SMILES string of the molecule is Cc1cc(=S)nc(-c2ccc(F)cc2Br)[nH]1. The summed E-state index contributed by atoms with van der Waals surface area (Å²) in [4.78, 5) is 7.30. The van der Waals surface area contributed by atoms with Crippen molar-refractivity contribution in [3.63, 3.8) is 0 Å². The lowest BCUT2D eigenvalue weighted by molar-refractivity contribution is 0.627. The fourth-order valence-corrected chi connectivity index (χ4v) is 2.19. The van der Waals surface area contributed by atoms with E-state index in [1.165, 1.54) is 12.1 Å². The average molecular weight is 299 g/mol. The molecule has 1 aromatic carbocycles. The molecule has 0 radical (unpaired) electrons. The number of aromatic amines is 1. The third kappa shape index (κ3) is 2.36. The van der Waals surface area contributed by atoms with Gasteiger partial charge in [0.15, 0.2) is 0 Å². The lowest BCUT2D eigenvalue weighted by Crippen LogP contribution is -1.93. The summed E-state index contributed by atoms with van der Waals surface area (Å²) in [5.41, 5.74) is 1.71. The number of benzene rings is 1. The third-order valence-corrected chi connectivity index (χ3v) is 2.93. The normalized spacial score (nSPS) is 10.4. The molecule has 0 aliphatic rings. The first-order valence-corrected chi connectivity index (χ1v) is 5.80. The molecule has 5 heteroatoms. The van der Waals surface area contributed by atoms with Gasteiger partial charge in [0.05, 0.1) is 0 Å². The second-order valence-corrected chi connectivity index (χ2v) is 4.65. The molecule has 2 aromatic rings. The summed E-state index contributed by atoms with van der Waals surface area (Å²) in [7, 11) is 0. The Kier molecular flexibility index (Phi) is 3.16. The zero-order chi connectivity index (χ0) is 11.7. The van der Waals surface area contributed by atoms with Gasteiger partial charge in [0.2, 0.25) is 0 Å². The van der Waals surface area contributed by atoms with Crippen LogP contribution in [0, 0.1) is 17.4 Å². The first-order chi connectivity index (χ1) is 7.56. The first-order valence-electron chi connectivity index (χ1n) is 4.59. The van der Waals surface area contributed by atoms with E-state index in [2.05, 4.69) is 25.9 Å². The number of hydrogen-bond acceptors (Lipinski definition) is 2. The molecule has 0 atom stereocenters. The van der Waals surface area contributed by atoms with Gasteiger partial charge in [-0.1, -0.05) is 12.2 Å². The maximum absolute atomic E-state index is 12.9. The van der Waals surface area contributed by atoms with Crippen molar-refractivity contribution in [3.8, 4) is 11.4 Å². The molecule has 0 amide bonds. The average Bonchev–Trinajstić information content (AvgIpc) is 2.15. The zero-order valence-corrected chi connectivity index (χ0v) is 10.8. The van der Waals surface area contributed by atoms with Crippen LogP contribution in [0.3, 0.4) is 0 Å². The van der Waals surface area contributed by atoms with Gasteiger partial charge in [-0.15, -0.1) is 0 Å². The van der Waals surface area contributed by atoms with E-state index in [4.69, 9.17) is 12.2 Å². The fourth-order valence-electron chi connectivity index (χ4n) is 1.39. The number of H-pyrrole nitrogens is 1. The summed E-state index contributed by atoms with van der Waals surface area (Å²) < 4.78 is 14.1. The summed E-state index contributed by atoms with van der Waals surface area (Å²) in [6.45, 7) is 1.90. The molecular formula is C11H8BrFN2S. The molecular weight excluding hydrogens is 291 g/mol. The van der Waals surface area contributed by atoms with E-state index in [9.17, 15) is 4.39 Å². The fraction of sp³-hybridized carbons (Fsp3) is 0.0909. The van der Waals surface area contributed by atoms with E-state index in [1.807, 2.05) is 6.92 Å². The number of hydrogen-bond donors (Lipinski definition) is 1. The highest BCUT2D eigenvalue weighted by atomic mass is 79.9. The Balaban J connectivity index is 2.63. The van der Waals surface area contributed by atoms with Gasteiger partial charge in [-0.25, -0.2) is 9.37 Å². The Hall–Kier alpha value is -1.07. The van der Waals surface area contributed by atoms with Crippen molar-refractivity contribution in [1.29, 1.82) is 0 Å². The van der Waals surface area contributed by atoms with Crippen molar-refractivity contribution in [2.75, 3.05) is 0 Å². The van der Waals surface area contributed by atoms with Gasteiger partial charge in [0.1, 0.15) is 16.3 Å². The van der Waals surface area contributed by atoms with Gasteiger partial charge in [-0.05, 0) is 47.1 Å². The topological polar surface area (TPSA) is 28.7 Å². The predicted molar refractivity (Wildman–Crippen MR) is 67.3 cm³/mol. The van der Waals surface area contributed by atoms with Gasteiger partial charge < -0.3 is 4.98 Å². The Morgan fingerprint density at radius 1 is 1.38 bits per heavy atom. The highest BCUT2D eigenvalue weighted by Crippen LogP contribution is 2.26. The van der Waals surface area contributed by atoms with E-state index in [0.29, 0.717) is 14.9 Å². The van der Waals surface area contributed by atoms with Crippen LogP contribution < -0.4 is 0 Å². The lowest BCUT2D eigenvalue weighted by Gasteiger charge is -2.05. The van der Waals surface area contributed by atoms with Gasteiger partial charge in [-0.3, -0.25) is 0 Å². The van der Waals surface area contributed by atoms with Gasteiger partial charge >= 0.3 is 0 Å². The molecule has 0 unspecified atom stereocenters. The molecule has 16 heavy (non-hydrogen) atoms. The Morgan fingerprint density at radius 3 is 2.75 bits per heavy atom. The quantitative estimate of drug-likeness (QED) is 0.806. The number of aromatic nitrogens is 2. The molecule has 82 valence electrons. The van der Waals surface area contributed by atoms with E-state index in [0.717, 1.165) is 11.3 Å². The van der Waals surface area contributed by atoms with Crippen LogP contribution in [-0.2, 0) is 0 Å². The maximum atomic E-state index is 12.9. The molecule has 0 saturated carbocycles. The van der Waals surface area contributed by atoms with E-state index in [-0.39, 0.29) is 5.82 Å². The number of nitrogens with one attached hydrogen (secondary N) is 1. The van der Waals surface area contributed by atoms with Crippen LogP contribution >= 0.6 is 28.1 Å². The van der Waals surface area contributed by atoms with Crippen LogP contribution in [0.2, 0.25) is 0 Å². The summed E-state index contributed by atoms with van der Waals surface area (Å²) in [5, 5.41) is 0. The largest absolute Gasteiger partial charge is 0.343 e. The van der Waals surface area contributed by atoms with Crippen molar-refractivity contribution in [1.82, 2.24) is 9.97 Å². The van der Waals surface area contributed by atoms with Crippen LogP contribution in [0.25, 0.3) is 11.4 Å². The standard InChI is InChI=1S/C11H8BrFN2S/c1-6-4-10(16)15-11(14-6)8-3-2-7(13)5-9(8)12/h2-5H,1H3,(H,14,15,16). The molecule has 2 rings (SSSR count). The molecule has 0 aliphatic heterocycles. The number of nitrogens with zero attached hydrogens (tertiary/aromatic N) is 1. The van der Waals surface area contributed by atoms with Crippen LogP contribution in [-0.4, -0.2) is 9.97 Å². The summed E-state index contributed by atoms with van der Waals surface area (Å²) in [6, 6.07) is 6.22. The molecule has 2 nitrogen and oxygen atoms in total. The van der Waals surface area contributed by atoms with Gasteiger partial charge in [0.25, 0.3) is 0 Å². The Morgan fingerprint density at radius 2 is 2.12 bits per heavy atom. The van der Waals surface area contributed by atoms with Crippen molar-refractivity contribution in [2.45, 2.75) is 6.92 Å². The molecule has 0 spiro atoms. The highest BCUT2D eigenvalue weighted by molar-refractivity contribution is 9.10. The molecule has 0 saturated heterocycles. The minimum absolute atomic E-state index is 0.290. The molecule has 0 fully saturated rings. The maximum Gasteiger partial charge on any atom is 0.140 e. The molecule has 1 aromatic heterocycles. The van der Waals surface area contributed by atoms with Gasteiger partial charge in [-0.2, -0.15) is 0 Å². The zero-order valence-electron chi connectivity index (χ0n) is 8.42. The van der Waals surface area contributed by atoms with Crippen molar-refractivity contribution in [3.05, 3.63) is 44.9 Å². The van der Waals surface area contributed by atoms with Crippen LogP contribution in [0.4, 0.5) is 4.39 Å². The Labute approximate surface area is 106 Å². The monoisotopic (exact) mass is 298 g/mol. The van der Waals surface area contributed by atoms with Crippen LogP contribution in [0.15, 0.2) is 28.7 Å². The van der Waals surface area contributed by atoms with E-state index >= 15 is 0 Å². The molecule has 0 aliphatic carbocycles. The summed E-state index contributed by atoms with van der Waals surface area (Å²) in [6.07, 6.45) is 0. The van der Waals surface area contributed by atoms with E-state index < -0.39 is 0 Å². The minimum Gasteiger partial charge on any atom is -0.343 e. The van der Waals surface area contributed by atoms with Crippen molar-refractivity contribution < 1.29 is 4.39 Å². The second-order valence-electron chi connectivity index (χ2n) is 3.38. The molecule has 0 bridgehead atoms. The third-order valence-electron chi connectivity index (χ3n) is 2.06. The number of rotatable bonds is 1. The molecule has 1 heterocycles. The lowest BCUT2D eigenvalue weighted by atomic mass is 10.2. The highest BCUT2D eigenvalue weighted by Gasteiger charge is 2.06. The summed E-state index contributed by atoms with van der Waals surface area (Å²) in [5.74, 6) is 0.346. The van der Waals surface area contributed by atoms with Crippen molar-refractivity contribution in [2.24, 2.45) is 0 Å². The van der Waals surface area contributed by atoms with Gasteiger partial charge in [0, 0.05) is 15.7 Å². The van der Waals surface area contributed by atoms with Crippen LogP contribution in [0.1, 0.15) is 5.69 Å². The Bertz CT molecular complexity index is 595. The first kappa shape index (κ1) is 11.4. The minimum atomic E-state index is -0.290. The second kappa shape index (κ2) is 4.43. The van der Waals surface area contributed by atoms with E-state index in [1.54, 1.807) is 12.1 Å². The van der Waals surface area contributed by atoms with Crippen LogP contribution in [0.5, 0.6) is 0 Å².